The van der Waals surface area contributed by atoms with Crippen molar-refractivity contribution in [2.24, 2.45) is 18.7 Å². The van der Waals surface area contributed by atoms with Crippen LogP contribution in [0.25, 0.3) is 0 Å². The van der Waals surface area contributed by atoms with Gasteiger partial charge >= 0.3 is 0 Å². The Labute approximate surface area is 95.2 Å². The van der Waals surface area contributed by atoms with Gasteiger partial charge in [-0.2, -0.15) is 5.10 Å². The second-order valence-electron chi connectivity index (χ2n) is 4.46. The average molecular weight is 222 g/mol. The predicted molar refractivity (Wildman–Crippen MR) is 62.1 cm³/mol. The number of primary amides is 1. The van der Waals surface area contributed by atoms with E-state index >= 15 is 0 Å². The van der Waals surface area contributed by atoms with Gasteiger partial charge in [-0.3, -0.25) is 9.48 Å². The average Bonchev–Trinajstić information content (AvgIpc) is 2.58. The van der Waals surface area contributed by atoms with Crippen LogP contribution in [0.4, 0.5) is 5.82 Å². The summed E-state index contributed by atoms with van der Waals surface area (Å²) in [7, 11) is 1.93. The monoisotopic (exact) mass is 222 g/mol. The highest BCUT2D eigenvalue weighted by Gasteiger charge is 2.25. The van der Waals surface area contributed by atoms with E-state index in [0.717, 1.165) is 30.9 Å². The molecule has 0 aliphatic carbocycles. The maximum atomic E-state index is 11.2. The van der Waals surface area contributed by atoms with Crippen molar-refractivity contribution in [3.8, 4) is 0 Å². The lowest BCUT2D eigenvalue weighted by Crippen LogP contribution is -2.41. The molecule has 1 aliphatic heterocycles. The van der Waals surface area contributed by atoms with Crippen LogP contribution in [0, 0.1) is 12.8 Å². The first-order chi connectivity index (χ1) is 7.58. The van der Waals surface area contributed by atoms with E-state index in [1.165, 1.54) is 0 Å². The van der Waals surface area contributed by atoms with Gasteiger partial charge in [-0.25, -0.2) is 0 Å². The van der Waals surface area contributed by atoms with Crippen molar-refractivity contribution >= 4 is 11.7 Å². The van der Waals surface area contributed by atoms with Crippen LogP contribution in [0.3, 0.4) is 0 Å². The molecule has 0 spiro atoms. The van der Waals surface area contributed by atoms with Crippen molar-refractivity contribution in [3.63, 3.8) is 0 Å². The second-order valence-corrected chi connectivity index (χ2v) is 4.46. The number of anilines is 1. The van der Waals surface area contributed by atoms with Gasteiger partial charge in [-0.1, -0.05) is 0 Å². The molecule has 0 radical (unpaired) electrons. The first kappa shape index (κ1) is 11.0. The first-order valence-electron chi connectivity index (χ1n) is 5.63. The van der Waals surface area contributed by atoms with Crippen molar-refractivity contribution in [1.29, 1.82) is 0 Å². The number of carbonyl (C=O) groups excluding carboxylic acids is 1. The van der Waals surface area contributed by atoms with Crippen molar-refractivity contribution in [1.82, 2.24) is 9.78 Å². The predicted octanol–water partition coefficient (Wildman–Crippen LogP) is 0.430. The van der Waals surface area contributed by atoms with Crippen molar-refractivity contribution < 1.29 is 4.79 Å². The normalized spacial score (nSPS) is 21.1. The molecular formula is C11H18N4O. The fraction of sp³-hybridized carbons (Fsp3) is 0.636. The van der Waals surface area contributed by atoms with Gasteiger partial charge in [0.05, 0.1) is 11.6 Å². The molecule has 0 aromatic carbocycles. The summed E-state index contributed by atoms with van der Waals surface area (Å²) in [6.45, 7) is 3.66. The number of carbonyl (C=O) groups is 1. The SMILES string of the molecule is Cc1cc(N2CCCC(C(N)=O)C2)n(C)n1. The molecule has 5 heteroatoms. The molecule has 2 N–H and O–H groups in total. The van der Waals surface area contributed by atoms with Gasteiger partial charge in [-0.05, 0) is 19.8 Å². The number of amides is 1. The Morgan fingerprint density at radius 3 is 2.94 bits per heavy atom. The zero-order valence-corrected chi connectivity index (χ0v) is 9.81. The van der Waals surface area contributed by atoms with Crippen LogP contribution in [0.1, 0.15) is 18.5 Å². The van der Waals surface area contributed by atoms with Crippen LogP contribution in [0.15, 0.2) is 6.07 Å². The lowest BCUT2D eigenvalue weighted by Gasteiger charge is -2.32. The highest BCUT2D eigenvalue weighted by Crippen LogP contribution is 2.23. The number of aromatic nitrogens is 2. The molecule has 2 heterocycles. The standard InChI is InChI=1S/C11H18N4O/c1-8-6-10(14(2)13-8)15-5-3-4-9(7-15)11(12)16/h6,9H,3-5,7H2,1-2H3,(H2,12,16). The number of nitrogens with zero attached hydrogens (tertiary/aromatic N) is 3. The molecule has 0 saturated carbocycles. The summed E-state index contributed by atoms with van der Waals surface area (Å²) < 4.78 is 1.86. The topological polar surface area (TPSA) is 64.2 Å². The van der Waals surface area contributed by atoms with E-state index < -0.39 is 0 Å². The van der Waals surface area contributed by atoms with Crippen LogP contribution < -0.4 is 10.6 Å². The second kappa shape index (κ2) is 4.15. The molecule has 16 heavy (non-hydrogen) atoms. The lowest BCUT2D eigenvalue weighted by molar-refractivity contribution is -0.122. The Morgan fingerprint density at radius 1 is 1.62 bits per heavy atom. The largest absolute Gasteiger partial charge is 0.369 e. The third kappa shape index (κ3) is 2.03. The van der Waals surface area contributed by atoms with E-state index in [1.54, 1.807) is 0 Å². The van der Waals surface area contributed by atoms with Gasteiger partial charge in [0.1, 0.15) is 5.82 Å². The highest BCUT2D eigenvalue weighted by atomic mass is 16.1. The Hall–Kier alpha value is -1.52. The Morgan fingerprint density at radius 2 is 2.38 bits per heavy atom. The van der Waals surface area contributed by atoms with Crippen LogP contribution in [0.5, 0.6) is 0 Å². The van der Waals surface area contributed by atoms with Crippen molar-refractivity contribution in [3.05, 3.63) is 11.8 Å². The molecule has 1 atom stereocenters. The summed E-state index contributed by atoms with van der Waals surface area (Å²) >= 11 is 0. The summed E-state index contributed by atoms with van der Waals surface area (Å²) in [5.41, 5.74) is 6.36. The van der Waals surface area contributed by atoms with E-state index in [-0.39, 0.29) is 11.8 Å². The van der Waals surface area contributed by atoms with E-state index in [0.29, 0.717) is 6.54 Å². The van der Waals surface area contributed by atoms with Gasteiger partial charge in [0, 0.05) is 26.2 Å². The number of aryl methyl sites for hydroxylation is 2. The Balaban J connectivity index is 2.15. The molecule has 1 aliphatic rings. The summed E-state index contributed by atoms with van der Waals surface area (Å²) in [5.74, 6) is 0.857. The quantitative estimate of drug-likeness (QED) is 0.789. The highest BCUT2D eigenvalue weighted by molar-refractivity contribution is 5.77. The van der Waals surface area contributed by atoms with E-state index in [2.05, 4.69) is 10.00 Å². The Kier molecular flexibility index (Phi) is 2.85. The summed E-state index contributed by atoms with van der Waals surface area (Å²) in [5, 5.41) is 4.31. The smallest absolute Gasteiger partial charge is 0.222 e. The van der Waals surface area contributed by atoms with Crippen LogP contribution in [-0.4, -0.2) is 28.8 Å². The molecule has 1 unspecified atom stereocenters. The zero-order chi connectivity index (χ0) is 11.7. The maximum absolute atomic E-state index is 11.2. The molecule has 1 saturated heterocycles. The number of piperidine rings is 1. The molecular weight excluding hydrogens is 204 g/mol. The number of nitrogens with two attached hydrogens (primary N) is 1. The van der Waals surface area contributed by atoms with Gasteiger partial charge in [-0.15, -0.1) is 0 Å². The molecule has 88 valence electrons. The van der Waals surface area contributed by atoms with Crippen LogP contribution in [-0.2, 0) is 11.8 Å². The molecule has 2 rings (SSSR count). The Bertz CT molecular complexity index is 399. The minimum absolute atomic E-state index is 0.0241. The van der Waals surface area contributed by atoms with Gasteiger partial charge in [0.2, 0.25) is 5.91 Å². The van der Waals surface area contributed by atoms with E-state index in [1.807, 2.05) is 24.7 Å². The zero-order valence-electron chi connectivity index (χ0n) is 9.81. The minimum Gasteiger partial charge on any atom is -0.369 e. The van der Waals surface area contributed by atoms with Crippen molar-refractivity contribution in [2.45, 2.75) is 19.8 Å². The number of rotatable bonds is 2. The van der Waals surface area contributed by atoms with E-state index in [4.69, 9.17) is 5.73 Å². The summed E-state index contributed by atoms with van der Waals surface area (Å²) in [4.78, 5) is 13.4. The molecule has 1 fully saturated rings. The molecule has 0 bridgehead atoms. The molecule has 1 amide bonds. The maximum Gasteiger partial charge on any atom is 0.222 e. The summed E-state index contributed by atoms with van der Waals surface area (Å²) in [6.07, 6.45) is 1.92. The third-order valence-corrected chi connectivity index (χ3v) is 3.13. The van der Waals surface area contributed by atoms with Crippen molar-refractivity contribution in [2.75, 3.05) is 18.0 Å². The van der Waals surface area contributed by atoms with Crippen LogP contribution in [0.2, 0.25) is 0 Å². The summed E-state index contributed by atoms with van der Waals surface area (Å²) in [6, 6.07) is 2.05. The lowest BCUT2D eigenvalue weighted by atomic mass is 9.97. The number of hydrogen-bond acceptors (Lipinski definition) is 3. The number of hydrogen-bond donors (Lipinski definition) is 1. The molecule has 5 nitrogen and oxygen atoms in total. The minimum atomic E-state index is -0.191. The van der Waals surface area contributed by atoms with Crippen LogP contribution >= 0.6 is 0 Å². The third-order valence-electron chi connectivity index (χ3n) is 3.13. The van der Waals surface area contributed by atoms with Gasteiger partial charge in [0.15, 0.2) is 0 Å². The van der Waals surface area contributed by atoms with E-state index in [9.17, 15) is 4.79 Å². The molecule has 1 aromatic heterocycles. The first-order valence-corrected chi connectivity index (χ1v) is 5.63. The van der Waals surface area contributed by atoms with Gasteiger partial charge < -0.3 is 10.6 Å². The fourth-order valence-corrected chi connectivity index (χ4v) is 2.31. The van der Waals surface area contributed by atoms with Gasteiger partial charge in [0.25, 0.3) is 0 Å². The fourth-order valence-electron chi connectivity index (χ4n) is 2.31. The molecule has 1 aromatic rings.